The molecule has 8 heteroatoms. The van der Waals surface area contributed by atoms with E-state index in [-0.39, 0.29) is 12.5 Å². The second-order valence-electron chi connectivity index (χ2n) is 6.44. The highest BCUT2D eigenvalue weighted by Gasteiger charge is 2.23. The lowest BCUT2D eigenvalue weighted by molar-refractivity contribution is -0.116. The summed E-state index contributed by atoms with van der Waals surface area (Å²) >= 11 is 0. The molecule has 130 valence electrons. The molecule has 0 saturated carbocycles. The number of hydrogen-bond acceptors (Lipinski definition) is 4. The number of imidazole rings is 1. The molecule has 3 aromatic rings. The predicted octanol–water partition coefficient (Wildman–Crippen LogP) is 1.76. The van der Waals surface area contributed by atoms with E-state index in [0.717, 1.165) is 54.4 Å². The molecule has 8 nitrogen and oxygen atoms in total. The van der Waals surface area contributed by atoms with Crippen LogP contribution in [0.15, 0.2) is 24.7 Å². The summed E-state index contributed by atoms with van der Waals surface area (Å²) in [6.07, 6.45) is 8.66. The van der Waals surface area contributed by atoms with E-state index in [0.29, 0.717) is 0 Å². The van der Waals surface area contributed by atoms with E-state index in [1.807, 2.05) is 32.4 Å². The minimum Gasteiger partial charge on any atom is -0.314 e. The molecule has 1 aliphatic heterocycles. The van der Waals surface area contributed by atoms with Crippen LogP contribution in [0.4, 0.5) is 5.82 Å². The molecule has 0 fully saturated rings. The predicted molar refractivity (Wildman–Crippen MR) is 93.0 cm³/mol. The maximum Gasteiger partial charge on any atom is 0.247 e. The van der Waals surface area contributed by atoms with Gasteiger partial charge in [-0.15, -0.1) is 0 Å². The summed E-state index contributed by atoms with van der Waals surface area (Å²) in [5, 5.41) is 11.5. The third-order valence-corrected chi connectivity index (χ3v) is 4.39. The Bertz CT molecular complexity index is 917. The Hall–Kier alpha value is -2.90. The summed E-state index contributed by atoms with van der Waals surface area (Å²) in [6.45, 7) is 2.96. The number of aromatic nitrogens is 6. The molecule has 0 bridgehead atoms. The minimum atomic E-state index is -0.110. The Morgan fingerprint density at radius 1 is 1.36 bits per heavy atom. The number of aryl methyl sites for hydroxylation is 3. The van der Waals surface area contributed by atoms with Crippen LogP contribution in [0.1, 0.15) is 24.4 Å². The molecule has 0 spiro atoms. The normalized spacial score (nSPS) is 13.7. The Morgan fingerprint density at radius 3 is 2.96 bits per heavy atom. The molecule has 4 heterocycles. The van der Waals surface area contributed by atoms with Crippen molar-refractivity contribution >= 4 is 11.7 Å². The molecule has 1 amide bonds. The first-order valence-corrected chi connectivity index (χ1v) is 8.48. The van der Waals surface area contributed by atoms with Gasteiger partial charge < -0.3 is 9.88 Å². The Balaban J connectivity index is 1.65. The van der Waals surface area contributed by atoms with Gasteiger partial charge in [-0.1, -0.05) is 0 Å². The van der Waals surface area contributed by atoms with Crippen LogP contribution in [-0.2, 0) is 31.4 Å². The quantitative estimate of drug-likeness (QED) is 0.785. The Morgan fingerprint density at radius 2 is 2.24 bits per heavy atom. The summed E-state index contributed by atoms with van der Waals surface area (Å²) in [6, 6.07) is 1.88. The van der Waals surface area contributed by atoms with E-state index in [1.165, 1.54) is 0 Å². The monoisotopic (exact) mass is 339 g/mol. The largest absolute Gasteiger partial charge is 0.314 e. The maximum atomic E-state index is 12.5. The third kappa shape index (κ3) is 3.07. The smallest absolute Gasteiger partial charge is 0.247 e. The fraction of sp³-hybridized carbons (Fsp3) is 0.412. The van der Waals surface area contributed by atoms with Crippen molar-refractivity contribution in [2.45, 2.75) is 39.3 Å². The van der Waals surface area contributed by atoms with Crippen LogP contribution < -0.4 is 5.32 Å². The molecule has 1 N–H and O–H groups in total. The van der Waals surface area contributed by atoms with Crippen LogP contribution in [-0.4, -0.2) is 35.0 Å². The summed E-state index contributed by atoms with van der Waals surface area (Å²) < 4.78 is 5.51. The average Bonchev–Trinajstić information content (AvgIpc) is 3.27. The van der Waals surface area contributed by atoms with Gasteiger partial charge in [-0.2, -0.15) is 10.2 Å². The lowest BCUT2D eigenvalue weighted by Gasteiger charge is -2.17. The van der Waals surface area contributed by atoms with Gasteiger partial charge in [-0.05, 0) is 25.8 Å². The molecule has 3 aromatic heterocycles. The number of rotatable bonds is 4. The second kappa shape index (κ2) is 6.19. The third-order valence-electron chi connectivity index (χ3n) is 4.39. The van der Waals surface area contributed by atoms with E-state index in [1.54, 1.807) is 15.6 Å². The van der Waals surface area contributed by atoms with Crippen molar-refractivity contribution in [2.24, 2.45) is 7.05 Å². The van der Waals surface area contributed by atoms with Gasteiger partial charge in [0.25, 0.3) is 0 Å². The van der Waals surface area contributed by atoms with Crippen molar-refractivity contribution < 1.29 is 4.79 Å². The second-order valence-corrected chi connectivity index (χ2v) is 6.44. The first-order chi connectivity index (χ1) is 12.1. The summed E-state index contributed by atoms with van der Waals surface area (Å²) in [4.78, 5) is 17.3. The molecule has 0 aromatic carbocycles. The highest BCUT2D eigenvalue weighted by Crippen LogP contribution is 2.31. The van der Waals surface area contributed by atoms with Crippen molar-refractivity contribution in [2.75, 3.05) is 5.32 Å². The van der Waals surface area contributed by atoms with Crippen LogP contribution in [0.25, 0.3) is 11.3 Å². The van der Waals surface area contributed by atoms with Crippen molar-refractivity contribution in [3.8, 4) is 11.3 Å². The van der Waals surface area contributed by atoms with Crippen molar-refractivity contribution in [3.63, 3.8) is 0 Å². The van der Waals surface area contributed by atoms with Crippen LogP contribution in [0.5, 0.6) is 0 Å². The van der Waals surface area contributed by atoms with E-state index in [9.17, 15) is 4.79 Å². The van der Waals surface area contributed by atoms with E-state index < -0.39 is 0 Å². The van der Waals surface area contributed by atoms with Crippen molar-refractivity contribution in [3.05, 3.63) is 36.2 Å². The first kappa shape index (κ1) is 15.6. The molecular formula is C17H21N7O. The lowest BCUT2D eigenvalue weighted by Crippen LogP contribution is -2.22. The zero-order valence-electron chi connectivity index (χ0n) is 14.4. The zero-order chi connectivity index (χ0) is 17.4. The van der Waals surface area contributed by atoms with Gasteiger partial charge in [0, 0.05) is 38.0 Å². The molecule has 0 atom stereocenters. The number of fused-ring (bicyclic) bond motifs is 1. The Labute approximate surface area is 145 Å². The number of carbonyl (C=O) groups is 1. The topological polar surface area (TPSA) is 82.6 Å². The number of nitrogens with zero attached hydrogens (tertiary/aromatic N) is 6. The molecule has 0 unspecified atom stereocenters. The lowest BCUT2D eigenvalue weighted by atomic mass is 10.2. The van der Waals surface area contributed by atoms with Gasteiger partial charge in [-0.25, -0.2) is 4.98 Å². The highest BCUT2D eigenvalue weighted by atomic mass is 16.2. The summed E-state index contributed by atoms with van der Waals surface area (Å²) in [7, 11) is 1.87. The van der Waals surface area contributed by atoms with Crippen LogP contribution >= 0.6 is 0 Å². The molecule has 0 saturated heterocycles. The van der Waals surface area contributed by atoms with Crippen LogP contribution in [0.2, 0.25) is 0 Å². The number of nitrogens with one attached hydrogen (secondary N) is 1. The zero-order valence-corrected chi connectivity index (χ0v) is 14.4. The fourth-order valence-corrected chi connectivity index (χ4v) is 3.23. The highest BCUT2D eigenvalue weighted by molar-refractivity contribution is 5.93. The maximum absolute atomic E-state index is 12.5. The van der Waals surface area contributed by atoms with Gasteiger partial charge in [0.2, 0.25) is 5.91 Å². The molecule has 0 radical (unpaired) electrons. The number of carbonyl (C=O) groups excluding carboxylic acids is 1. The molecule has 0 aliphatic carbocycles. The standard InChI is InChI=1S/C17H21N7O/c1-12-6-8-23(21-12)11-15(25)20-17-16(13-9-18-22(2)10-13)19-14-5-3-4-7-24(14)17/h6,8-10H,3-5,7,11H2,1-2H3,(H,20,25). The van der Waals surface area contributed by atoms with Gasteiger partial charge in [-0.3, -0.25) is 14.2 Å². The number of anilines is 1. The fourth-order valence-electron chi connectivity index (χ4n) is 3.23. The molecular weight excluding hydrogens is 318 g/mol. The first-order valence-electron chi connectivity index (χ1n) is 8.48. The van der Waals surface area contributed by atoms with Crippen molar-refractivity contribution in [1.82, 2.24) is 29.1 Å². The summed E-state index contributed by atoms with van der Waals surface area (Å²) in [5.74, 6) is 1.67. The van der Waals surface area contributed by atoms with Gasteiger partial charge in [0.1, 0.15) is 23.9 Å². The number of amides is 1. The average molecular weight is 339 g/mol. The van der Waals surface area contributed by atoms with Crippen LogP contribution in [0, 0.1) is 6.92 Å². The van der Waals surface area contributed by atoms with Crippen LogP contribution in [0.3, 0.4) is 0 Å². The van der Waals surface area contributed by atoms with Gasteiger partial charge >= 0.3 is 0 Å². The van der Waals surface area contributed by atoms with E-state index in [2.05, 4.69) is 20.1 Å². The molecule has 4 rings (SSSR count). The van der Waals surface area contributed by atoms with Crippen molar-refractivity contribution in [1.29, 1.82) is 0 Å². The SMILES string of the molecule is Cc1ccn(CC(=O)Nc2c(-c3cnn(C)c3)nc3n2CCCC3)n1. The summed E-state index contributed by atoms with van der Waals surface area (Å²) in [5.41, 5.74) is 2.59. The Kier molecular flexibility index (Phi) is 3.87. The van der Waals surface area contributed by atoms with Gasteiger partial charge in [0.15, 0.2) is 0 Å². The van der Waals surface area contributed by atoms with E-state index >= 15 is 0 Å². The molecule has 1 aliphatic rings. The molecule has 25 heavy (non-hydrogen) atoms. The minimum absolute atomic E-state index is 0.110. The number of hydrogen-bond donors (Lipinski definition) is 1. The van der Waals surface area contributed by atoms with E-state index in [4.69, 9.17) is 4.98 Å². The van der Waals surface area contributed by atoms with Gasteiger partial charge in [0.05, 0.1) is 11.9 Å².